The lowest BCUT2D eigenvalue weighted by atomic mass is 9.97. The van der Waals surface area contributed by atoms with Crippen LogP contribution < -0.4 is 5.32 Å². The van der Waals surface area contributed by atoms with Crippen molar-refractivity contribution >= 4 is 22.6 Å². The van der Waals surface area contributed by atoms with Crippen LogP contribution in [0.4, 0.5) is 5.69 Å². The number of likely N-dealkylation sites (tertiary alicyclic amines) is 1. The summed E-state index contributed by atoms with van der Waals surface area (Å²) in [5.74, 6) is 1.19. The normalized spacial score (nSPS) is 18.1. The second kappa shape index (κ2) is 7.30. The summed E-state index contributed by atoms with van der Waals surface area (Å²) in [5.41, 5.74) is 3.04. The van der Waals surface area contributed by atoms with Crippen molar-refractivity contribution in [3.8, 4) is 0 Å². The molecule has 0 radical (unpaired) electrons. The van der Waals surface area contributed by atoms with E-state index in [0.717, 1.165) is 55.0 Å². The molecule has 0 saturated carbocycles. The second-order valence-electron chi connectivity index (χ2n) is 7.01. The molecule has 1 aromatic heterocycles. The summed E-state index contributed by atoms with van der Waals surface area (Å²) in [4.78, 5) is 19.7. The van der Waals surface area contributed by atoms with Gasteiger partial charge in [-0.1, -0.05) is 30.3 Å². The lowest BCUT2D eigenvalue weighted by Crippen LogP contribution is -2.40. The van der Waals surface area contributed by atoms with Crippen LogP contribution >= 0.6 is 0 Å². The third-order valence-corrected chi connectivity index (χ3v) is 5.16. The van der Waals surface area contributed by atoms with Gasteiger partial charge < -0.3 is 9.88 Å². The lowest BCUT2D eigenvalue weighted by molar-refractivity contribution is -0.121. The van der Waals surface area contributed by atoms with Gasteiger partial charge in [-0.25, -0.2) is 4.98 Å². The van der Waals surface area contributed by atoms with Crippen molar-refractivity contribution in [2.75, 3.05) is 18.4 Å². The highest BCUT2D eigenvalue weighted by molar-refractivity contribution is 5.92. The Morgan fingerprint density at radius 2 is 1.92 bits per heavy atom. The topological polar surface area (TPSA) is 50.2 Å². The minimum absolute atomic E-state index is 0.0265. The van der Waals surface area contributed by atoms with E-state index in [4.69, 9.17) is 4.98 Å². The van der Waals surface area contributed by atoms with Gasteiger partial charge in [0.25, 0.3) is 0 Å². The molecule has 26 heavy (non-hydrogen) atoms. The molecule has 5 heteroatoms. The fourth-order valence-corrected chi connectivity index (χ4v) is 3.72. The van der Waals surface area contributed by atoms with Crippen LogP contribution in [-0.2, 0) is 18.4 Å². The Morgan fingerprint density at radius 1 is 1.15 bits per heavy atom. The Balaban J connectivity index is 1.43. The molecule has 1 saturated heterocycles. The number of hydrogen-bond acceptors (Lipinski definition) is 3. The van der Waals surface area contributed by atoms with E-state index in [2.05, 4.69) is 27.9 Å². The highest BCUT2D eigenvalue weighted by Crippen LogP contribution is 2.22. The largest absolute Gasteiger partial charge is 0.330 e. The Morgan fingerprint density at radius 3 is 2.73 bits per heavy atom. The first kappa shape index (κ1) is 16.8. The maximum Gasteiger partial charge on any atom is 0.228 e. The first-order valence-corrected chi connectivity index (χ1v) is 9.19. The van der Waals surface area contributed by atoms with Crippen molar-refractivity contribution < 1.29 is 4.79 Å². The molecule has 1 aliphatic heterocycles. The van der Waals surface area contributed by atoms with E-state index in [1.807, 2.05) is 48.5 Å². The van der Waals surface area contributed by atoms with Crippen LogP contribution in [0.5, 0.6) is 0 Å². The third-order valence-electron chi connectivity index (χ3n) is 5.16. The van der Waals surface area contributed by atoms with Crippen molar-refractivity contribution in [3.63, 3.8) is 0 Å². The molecule has 0 bridgehead atoms. The number of benzene rings is 2. The molecule has 134 valence electrons. The van der Waals surface area contributed by atoms with Crippen LogP contribution in [0.3, 0.4) is 0 Å². The Hall–Kier alpha value is -2.66. The molecule has 1 N–H and O–H groups in total. The number of aryl methyl sites for hydroxylation is 1. The number of rotatable bonds is 4. The average Bonchev–Trinajstić information content (AvgIpc) is 2.99. The monoisotopic (exact) mass is 348 g/mol. The van der Waals surface area contributed by atoms with Crippen LogP contribution in [0.25, 0.3) is 11.0 Å². The van der Waals surface area contributed by atoms with E-state index in [1.165, 1.54) is 0 Å². The van der Waals surface area contributed by atoms with Crippen LogP contribution in [0, 0.1) is 5.92 Å². The van der Waals surface area contributed by atoms with Crippen molar-refractivity contribution in [2.24, 2.45) is 13.0 Å². The minimum Gasteiger partial charge on any atom is -0.330 e. The second-order valence-corrected chi connectivity index (χ2v) is 7.01. The van der Waals surface area contributed by atoms with Crippen LogP contribution in [-0.4, -0.2) is 33.4 Å². The molecule has 1 fully saturated rings. The number of hydrogen-bond donors (Lipinski definition) is 1. The molecule has 2 aromatic carbocycles. The number of piperidine rings is 1. The maximum atomic E-state index is 12.6. The molecule has 5 nitrogen and oxygen atoms in total. The summed E-state index contributed by atoms with van der Waals surface area (Å²) < 4.78 is 2.16. The van der Waals surface area contributed by atoms with Crippen LogP contribution in [0.2, 0.25) is 0 Å². The molecule has 0 unspecified atom stereocenters. The summed E-state index contributed by atoms with van der Waals surface area (Å²) in [6, 6.07) is 17.9. The molecule has 0 spiro atoms. The summed E-state index contributed by atoms with van der Waals surface area (Å²) >= 11 is 0. The zero-order chi connectivity index (χ0) is 17.9. The van der Waals surface area contributed by atoms with Crippen LogP contribution in [0.1, 0.15) is 18.7 Å². The van der Waals surface area contributed by atoms with E-state index in [-0.39, 0.29) is 11.8 Å². The molecule has 1 atom stereocenters. The smallest absolute Gasteiger partial charge is 0.228 e. The van der Waals surface area contributed by atoms with E-state index >= 15 is 0 Å². The molecular formula is C21H24N4O. The summed E-state index contributed by atoms with van der Waals surface area (Å²) in [7, 11) is 2.06. The van der Waals surface area contributed by atoms with Gasteiger partial charge >= 0.3 is 0 Å². The van der Waals surface area contributed by atoms with E-state index in [0.29, 0.717) is 0 Å². The quantitative estimate of drug-likeness (QED) is 0.786. The molecule has 4 rings (SSSR count). The zero-order valence-electron chi connectivity index (χ0n) is 15.1. The Labute approximate surface area is 153 Å². The lowest BCUT2D eigenvalue weighted by Gasteiger charge is -2.31. The number of carbonyl (C=O) groups is 1. The maximum absolute atomic E-state index is 12.6. The summed E-state index contributed by atoms with van der Waals surface area (Å²) in [6.45, 7) is 2.57. The standard InChI is InChI=1S/C21H24N4O/c1-24-19-12-6-5-11-18(19)23-20(24)15-25-13-7-8-16(14-25)21(26)22-17-9-3-2-4-10-17/h2-6,9-12,16H,7-8,13-15H2,1H3,(H,22,26)/t16-/m0/s1. The predicted octanol–water partition coefficient (Wildman–Crippen LogP) is 3.42. The van der Waals surface area contributed by atoms with Gasteiger partial charge in [0.1, 0.15) is 5.82 Å². The Bertz CT molecular complexity index is 903. The number of amides is 1. The molecular weight excluding hydrogens is 324 g/mol. The van der Waals surface area contributed by atoms with E-state index in [9.17, 15) is 4.79 Å². The van der Waals surface area contributed by atoms with Crippen molar-refractivity contribution in [3.05, 3.63) is 60.4 Å². The van der Waals surface area contributed by atoms with Gasteiger partial charge in [0.2, 0.25) is 5.91 Å². The van der Waals surface area contributed by atoms with Gasteiger partial charge in [0.15, 0.2) is 0 Å². The first-order valence-electron chi connectivity index (χ1n) is 9.19. The minimum atomic E-state index is 0.0265. The average molecular weight is 348 g/mol. The third kappa shape index (κ3) is 3.48. The summed E-state index contributed by atoms with van der Waals surface area (Å²) in [5, 5.41) is 3.04. The number of nitrogens with one attached hydrogen (secondary N) is 1. The van der Waals surface area contributed by atoms with Gasteiger partial charge in [0.05, 0.1) is 23.5 Å². The van der Waals surface area contributed by atoms with Gasteiger partial charge in [0, 0.05) is 19.3 Å². The molecule has 2 heterocycles. The molecule has 0 aliphatic carbocycles. The molecule has 1 aliphatic rings. The number of para-hydroxylation sites is 3. The van der Waals surface area contributed by atoms with Crippen molar-refractivity contribution in [1.29, 1.82) is 0 Å². The van der Waals surface area contributed by atoms with E-state index < -0.39 is 0 Å². The number of carbonyl (C=O) groups excluding carboxylic acids is 1. The SMILES string of the molecule is Cn1c(CN2CCC[C@H](C(=O)Nc3ccccc3)C2)nc2ccccc21. The van der Waals surface area contributed by atoms with Gasteiger partial charge in [-0.05, 0) is 43.7 Å². The number of aromatic nitrogens is 2. The van der Waals surface area contributed by atoms with Gasteiger partial charge in [-0.3, -0.25) is 9.69 Å². The number of anilines is 1. The zero-order valence-corrected chi connectivity index (χ0v) is 15.1. The molecule has 3 aromatic rings. The fraction of sp³-hybridized carbons (Fsp3) is 0.333. The van der Waals surface area contributed by atoms with Crippen LogP contribution in [0.15, 0.2) is 54.6 Å². The number of fused-ring (bicyclic) bond motifs is 1. The number of imidazole rings is 1. The van der Waals surface area contributed by atoms with E-state index in [1.54, 1.807) is 0 Å². The number of nitrogens with zero attached hydrogens (tertiary/aromatic N) is 3. The summed E-state index contributed by atoms with van der Waals surface area (Å²) in [6.07, 6.45) is 1.98. The highest BCUT2D eigenvalue weighted by Gasteiger charge is 2.26. The highest BCUT2D eigenvalue weighted by atomic mass is 16.1. The molecule has 1 amide bonds. The van der Waals surface area contributed by atoms with Crippen molar-refractivity contribution in [2.45, 2.75) is 19.4 Å². The van der Waals surface area contributed by atoms with Gasteiger partial charge in [-0.15, -0.1) is 0 Å². The van der Waals surface area contributed by atoms with Gasteiger partial charge in [-0.2, -0.15) is 0 Å². The van der Waals surface area contributed by atoms with Crippen molar-refractivity contribution in [1.82, 2.24) is 14.5 Å². The predicted molar refractivity (Wildman–Crippen MR) is 104 cm³/mol. The Kier molecular flexibility index (Phi) is 4.71. The fourth-order valence-electron chi connectivity index (χ4n) is 3.72. The first-order chi connectivity index (χ1) is 12.7.